The molecule has 0 fully saturated rings. The van der Waals surface area contributed by atoms with Gasteiger partial charge in [-0.15, -0.1) is 0 Å². The van der Waals surface area contributed by atoms with Crippen LogP contribution in [0, 0.1) is 5.82 Å². The zero-order valence-corrected chi connectivity index (χ0v) is 23.9. The monoisotopic (exact) mass is 569 g/mol. The van der Waals surface area contributed by atoms with Crippen molar-refractivity contribution in [1.29, 1.82) is 0 Å². The van der Waals surface area contributed by atoms with Gasteiger partial charge in [0.25, 0.3) is 0 Å². The van der Waals surface area contributed by atoms with Gasteiger partial charge in [0, 0.05) is 19.5 Å². The molecule has 3 aromatic rings. The van der Waals surface area contributed by atoms with Crippen LogP contribution in [0.15, 0.2) is 78.9 Å². The van der Waals surface area contributed by atoms with Crippen LogP contribution in [0.2, 0.25) is 0 Å². The number of halogens is 1. The fourth-order valence-electron chi connectivity index (χ4n) is 4.25. The summed E-state index contributed by atoms with van der Waals surface area (Å²) in [4.78, 5) is 29.0. The topological polar surface area (TPSA) is 96.0 Å². The van der Waals surface area contributed by atoms with Gasteiger partial charge in [-0.25, -0.2) is 12.8 Å². The molecule has 2 amide bonds. The standard InChI is InChI=1S/C30H36FN3O5S/c1-4-5-18-32-30(36)28(20-23-10-7-6-8-11-23)33(21-24-12-9-13-27(19-24)39-2)29(35)22-34(40(3,37)38)26-16-14-25(31)15-17-26/h6-17,19,28H,4-5,18,20-22H2,1-3H3,(H,32,36)/t28-/m1/s1. The lowest BCUT2D eigenvalue weighted by molar-refractivity contribution is -0.140. The van der Waals surface area contributed by atoms with Gasteiger partial charge in [-0.1, -0.05) is 55.8 Å². The van der Waals surface area contributed by atoms with E-state index in [9.17, 15) is 22.4 Å². The number of nitrogens with one attached hydrogen (secondary N) is 1. The van der Waals surface area contributed by atoms with E-state index in [0.29, 0.717) is 17.9 Å². The van der Waals surface area contributed by atoms with E-state index >= 15 is 0 Å². The molecule has 40 heavy (non-hydrogen) atoms. The van der Waals surface area contributed by atoms with Gasteiger partial charge in [0.1, 0.15) is 24.2 Å². The molecule has 0 spiro atoms. The Morgan fingerprint density at radius 3 is 2.27 bits per heavy atom. The van der Waals surface area contributed by atoms with Gasteiger partial charge in [0.15, 0.2) is 0 Å². The molecular weight excluding hydrogens is 533 g/mol. The number of anilines is 1. The average molecular weight is 570 g/mol. The number of methoxy groups -OCH3 is 1. The molecule has 0 aliphatic heterocycles. The molecule has 0 unspecified atom stereocenters. The van der Waals surface area contributed by atoms with Crippen LogP contribution in [0.3, 0.4) is 0 Å². The van der Waals surface area contributed by atoms with Crippen molar-refractivity contribution in [2.24, 2.45) is 0 Å². The molecule has 1 N–H and O–H groups in total. The molecule has 0 aliphatic carbocycles. The molecule has 3 aromatic carbocycles. The first kappa shape index (κ1) is 30.6. The van der Waals surface area contributed by atoms with Crippen LogP contribution >= 0.6 is 0 Å². The zero-order chi connectivity index (χ0) is 29.1. The molecular formula is C30H36FN3O5S. The van der Waals surface area contributed by atoms with Crippen LogP contribution in [0.4, 0.5) is 10.1 Å². The number of hydrogen-bond donors (Lipinski definition) is 1. The first-order valence-electron chi connectivity index (χ1n) is 13.1. The van der Waals surface area contributed by atoms with Crippen molar-refractivity contribution >= 4 is 27.5 Å². The van der Waals surface area contributed by atoms with Crippen molar-refractivity contribution in [2.45, 2.75) is 38.8 Å². The van der Waals surface area contributed by atoms with Gasteiger partial charge < -0.3 is 15.0 Å². The first-order chi connectivity index (χ1) is 19.1. The Bertz CT molecular complexity index is 1370. The predicted molar refractivity (Wildman–Crippen MR) is 154 cm³/mol. The van der Waals surface area contributed by atoms with E-state index in [1.807, 2.05) is 43.3 Å². The summed E-state index contributed by atoms with van der Waals surface area (Å²) in [6.07, 6.45) is 2.87. The number of ether oxygens (including phenoxy) is 1. The fourth-order valence-corrected chi connectivity index (χ4v) is 5.10. The number of unbranched alkanes of at least 4 members (excludes halogenated alkanes) is 1. The number of sulfonamides is 1. The third-order valence-corrected chi connectivity index (χ3v) is 7.52. The summed E-state index contributed by atoms with van der Waals surface area (Å²) in [5.74, 6) is -0.860. The molecule has 214 valence electrons. The molecule has 0 aliphatic rings. The number of nitrogens with zero attached hydrogens (tertiary/aromatic N) is 2. The average Bonchev–Trinajstić information content (AvgIpc) is 2.94. The van der Waals surface area contributed by atoms with Crippen molar-refractivity contribution in [3.63, 3.8) is 0 Å². The normalized spacial score (nSPS) is 11.9. The summed E-state index contributed by atoms with van der Waals surface area (Å²) < 4.78 is 45.3. The fraction of sp³-hybridized carbons (Fsp3) is 0.333. The minimum Gasteiger partial charge on any atom is -0.497 e. The molecule has 0 heterocycles. The molecule has 0 bridgehead atoms. The van der Waals surface area contributed by atoms with Crippen LogP contribution in [0.1, 0.15) is 30.9 Å². The van der Waals surface area contributed by atoms with Crippen LogP contribution < -0.4 is 14.4 Å². The summed E-state index contributed by atoms with van der Waals surface area (Å²) in [6, 6.07) is 20.4. The highest BCUT2D eigenvalue weighted by Crippen LogP contribution is 2.22. The van der Waals surface area contributed by atoms with Crippen molar-refractivity contribution in [3.8, 4) is 5.75 Å². The van der Waals surface area contributed by atoms with E-state index in [-0.39, 0.29) is 24.6 Å². The van der Waals surface area contributed by atoms with E-state index in [0.717, 1.165) is 41.1 Å². The molecule has 1 atom stereocenters. The maximum Gasteiger partial charge on any atom is 0.244 e. The van der Waals surface area contributed by atoms with Crippen LogP contribution in [-0.2, 0) is 32.6 Å². The summed E-state index contributed by atoms with van der Waals surface area (Å²) in [5, 5.41) is 2.94. The molecule has 0 aromatic heterocycles. The van der Waals surface area contributed by atoms with E-state index in [1.54, 1.807) is 18.2 Å². The molecule has 3 rings (SSSR count). The summed E-state index contributed by atoms with van der Waals surface area (Å²) in [7, 11) is -2.39. The number of amides is 2. The van der Waals surface area contributed by atoms with Crippen LogP contribution in [-0.4, -0.2) is 57.6 Å². The van der Waals surface area contributed by atoms with Crippen molar-refractivity contribution < 1.29 is 27.1 Å². The Morgan fingerprint density at radius 1 is 0.975 bits per heavy atom. The summed E-state index contributed by atoms with van der Waals surface area (Å²) in [6.45, 7) is 1.94. The van der Waals surface area contributed by atoms with Gasteiger partial charge in [-0.3, -0.25) is 13.9 Å². The van der Waals surface area contributed by atoms with Crippen molar-refractivity contribution in [3.05, 3.63) is 95.8 Å². The van der Waals surface area contributed by atoms with Crippen LogP contribution in [0.5, 0.6) is 5.75 Å². The van der Waals surface area contributed by atoms with E-state index in [4.69, 9.17) is 4.74 Å². The number of benzene rings is 3. The highest BCUT2D eigenvalue weighted by Gasteiger charge is 2.33. The Hall–Kier alpha value is -3.92. The van der Waals surface area contributed by atoms with E-state index in [2.05, 4.69) is 5.32 Å². The molecule has 0 saturated carbocycles. The van der Waals surface area contributed by atoms with Crippen molar-refractivity contribution in [1.82, 2.24) is 10.2 Å². The lowest BCUT2D eigenvalue weighted by Gasteiger charge is -2.33. The second-order valence-electron chi connectivity index (χ2n) is 9.47. The minimum absolute atomic E-state index is 0.0375. The Morgan fingerprint density at radius 2 is 1.65 bits per heavy atom. The van der Waals surface area contributed by atoms with Crippen LogP contribution in [0.25, 0.3) is 0 Å². The smallest absolute Gasteiger partial charge is 0.244 e. The molecule has 8 nitrogen and oxygen atoms in total. The van der Waals surface area contributed by atoms with Gasteiger partial charge >= 0.3 is 0 Å². The van der Waals surface area contributed by atoms with E-state index < -0.39 is 34.3 Å². The third-order valence-electron chi connectivity index (χ3n) is 6.38. The van der Waals surface area contributed by atoms with Gasteiger partial charge in [0.2, 0.25) is 21.8 Å². The number of carbonyl (C=O) groups excluding carboxylic acids is 2. The zero-order valence-electron chi connectivity index (χ0n) is 23.0. The Labute approximate surface area is 235 Å². The number of hydrogen-bond acceptors (Lipinski definition) is 5. The Kier molecular flexibility index (Phi) is 11.1. The highest BCUT2D eigenvalue weighted by molar-refractivity contribution is 7.92. The number of carbonyl (C=O) groups is 2. The maximum atomic E-state index is 14.0. The van der Waals surface area contributed by atoms with Gasteiger partial charge in [0.05, 0.1) is 19.1 Å². The second-order valence-corrected chi connectivity index (χ2v) is 11.4. The molecule has 0 saturated heterocycles. The SMILES string of the molecule is CCCCNC(=O)[C@@H](Cc1ccccc1)N(Cc1cccc(OC)c1)C(=O)CN(c1ccc(F)cc1)S(C)(=O)=O. The molecule has 10 heteroatoms. The number of rotatable bonds is 14. The van der Waals surface area contributed by atoms with Gasteiger partial charge in [-0.2, -0.15) is 0 Å². The van der Waals surface area contributed by atoms with Gasteiger partial charge in [-0.05, 0) is 53.9 Å². The highest BCUT2D eigenvalue weighted by atomic mass is 32.2. The molecule has 0 radical (unpaired) electrons. The quantitative estimate of drug-likeness (QED) is 0.294. The Balaban J connectivity index is 2.04. The predicted octanol–water partition coefficient (Wildman–Crippen LogP) is 4.16. The summed E-state index contributed by atoms with van der Waals surface area (Å²) >= 11 is 0. The minimum atomic E-state index is -3.92. The van der Waals surface area contributed by atoms with E-state index in [1.165, 1.54) is 24.1 Å². The third kappa shape index (κ3) is 8.81. The lowest BCUT2D eigenvalue weighted by Crippen LogP contribution is -2.53. The largest absolute Gasteiger partial charge is 0.497 e. The maximum absolute atomic E-state index is 14.0. The lowest BCUT2D eigenvalue weighted by atomic mass is 10.0. The van der Waals surface area contributed by atoms with Crippen molar-refractivity contribution in [2.75, 3.05) is 30.8 Å². The summed E-state index contributed by atoms with van der Waals surface area (Å²) in [5.41, 5.74) is 1.70. The second kappa shape index (κ2) is 14.5. The first-order valence-corrected chi connectivity index (χ1v) is 14.9.